The maximum atomic E-state index is 13.0. The average Bonchev–Trinajstić information content (AvgIpc) is 2.61. The highest BCUT2D eigenvalue weighted by Gasteiger charge is 2.37. The molecule has 1 aliphatic heterocycles. The lowest BCUT2D eigenvalue weighted by Crippen LogP contribution is -2.42. The molecule has 1 aromatic rings. The summed E-state index contributed by atoms with van der Waals surface area (Å²) in [6.45, 7) is 12.8. The molecule has 1 heterocycles. The number of rotatable bonds is 5. The van der Waals surface area contributed by atoms with Gasteiger partial charge in [-0.05, 0) is 44.4 Å². The average molecular weight is 346 g/mol. The van der Waals surface area contributed by atoms with Gasteiger partial charge in [0.1, 0.15) is 12.4 Å². The second-order valence-corrected chi connectivity index (χ2v) is 8.14. The van der Waals surface area contributed by atoms with Crippen molar-refractivity contribution in [2.24, 2.45) is 17.3 Å². The van der Waals surface area contributed by atoms with Crippen LogP contribution in [0, 0.1) is 17.3 Å². The molecule has 0 aromatic heterocycles. The monoisotopic (exact) mass is 346 g/mol. The van der Waals surface area contributed by atoms with Crippen molar-refractivity contribution in [1.29, 1.82) is 0 Å². The first-order chi connectivity index (χ1) is 11.6. The molecule has 1 aliphatic rings. The van der Waals surface area contributed by atoms with Crippen molar-refractivity contribution >= 4 is 23.2 Å². The molecule has 0 saturated carbocycles. The lowest BCUT2D eigenvalue weighted by atomic mass is 9.92. The summed E-state index contributed by atoms with van der Waals surface area (Å²) in [5, 5.41) is 2.90. The van der Waals surface area contributed by atoms with Gasteiger partial charge in [0.05, 0.1) is 11.1 Å². The molecule has 2 rings (SSSR count). The molecule has 0 fully saturated rings. The SMILES string of the molecule is CC(C)CCN1C(=O)C(C)(C)COc2ccc(NC(=O)C(C)C)cc21. The predicted octanol–water partition coefficient (Wildman–Crippen LogP) is 4.08. The highest BCUT2D eigenvalue weighted by molar-refractivity contribution is 6.00. The fourth-order valence-electron chi connectivity index (χ4n) is 2.62. The summed E-state index contributed by atoms with van der Waals surface area (Å²) in [7, 11) is 0. The van der Waals surface area contributed by atoms with E-state index in [4.69, 9.17) is 4.74 Å². The molecule has 0 bridgehead atoms. The zero-order valence-electron chi connectivity index (χ0n) is 16.2. The fraction of sp³-hybridized carbons (Fsp3) is 0.600. The highest BCUT2D eigenvalue weighted by Crippen LogP contribution is 2.38. The Kier molecular flexibility index (Phi) is 5.76. The van der Waals surface area contributed by atoms with Gasteiger partial charge in [0.2, 0.25) is 11.8 Å². The van der Waals surface area contributed by atoms with Crippen molar-refractivity contribution in [3.05, 3.63) is 18.2 Å². The lowest BCUT2D eigenvalue weighted by molar-refractivity contribution is -0.127. The summed E-state index contributed by atoms with van der Waals surface area (Å²) >= 11 is 0. The number of nitrogens with zero attached hydrogens (tertiary/aromatic N) is 1. The van der Waals surface area contributed by atoms with Crippen molar-refractivity contribution in [2.45, 2.75) is 48.0 Å². The van der Waals surface area contributed by atoms with Gasteiger partial charge in [0.25, 0.3) is 0 Å². The van der Waals surface area contributed by atoms with E-state index in [1.54, 1.807) is 0 Å². The van der Waals surface area contributed by atoms with Crippen LogP contribution in [-0.4, -0.2) is 25.0 Å². The van der Waals surface area contributed by atoms with Gasteiger partial charge in [-0.3, -0.25) is 9.59 Å². The highest BCUT2D eigenvalue weighted by atomic mass is 16.5. The molecule has 0 unspecified atom stereocenters. The largest absolute Gasteiger partial charge is 0.490 e. The number of benzene rings is 1. The molecule has 1 N–H and O–H groups in total. The van der Waals surface area contributed by atoms with Gasteiger partial charge in [-0.1, -0.05) is 27.7 Å². The Morgan fingerprint density at radius 2 is 1.96 bits per heavy atom. The molecule has 1 aromatic carbocycles. The number of ether oxygens (including phenoxy) is 1. The number of hydrogen-bond acceptors (Lipinski definition) is 3. The van der Waals surface area contributed by atoms with Crippen LogP contribution in [-0.2, 0) is 9.59 Å². The molecule has 25 heavy (non-hydrogen) atoms. The van der Waals surface area contributed by atoms with Gasteiger partial charge in [-0.25, -0.2) is 0 Å². The number of carbonyl (C=O) groups excluding carboxylic acids is 2. The van der Waals surface area contributed by atoms with Crippen LogP contribution in [0.25, 0.3) is 0 Å². The van der Waals surface area contributed by atoms with Crippen LogP contribution in [0.1, 0.15) is 48.0 Å². The van der Waals surface area contributed by atoms with Crippen LogP contribution < -0.4 is 15.0 Å². The molecule has 5 heteroatoms. The summed E-state index contributed by atoms with van der Waals surface area (Å²) in [4.78, 5) is 26.8. The molecule has 0 aliphatic carbocycles. The minimum atomic E-state index is -0.586. The molecule has 0 saturated heterocycles. The van der Waals surface area contributed by atoms with Crippen LogP contribution >= 0.6 is 0 Å². The quantitative estimate of drug-likeness (QED) is 0.874. The Balaban J connectivity index is 2.39. The summed E-state index contributed by atoms with van der Waals surface area (Å²) in [6, 6.07) is 5.50. The number of carbonyl (C=O) groups is 2. The van der Waals surface area contributed by atoms with Gasteiger partial charge in [-0.2, -0.15) is 0 Å². The molecular weight excluding hydrogens is 316 g/mol. The van der Waals surface area contributed by atoms with Gasteiger partial charge in [0.15, 0.2) is 0 Å². The van der Waals surface area contributed by atoms with E-state index in [2.05, 4.69) is 19.2 Å². The summed E-state index contributed by atoms with van der Waals surface area (Å²) in [6.07, 6.45) is 0.907. The van der Waals surface area contributed by atoms with Crippen LogP contribution in [0.15, 0.2) is 18.2 Å². The molecule has 0 atom stereocenters. The first kappa shape index (κ1) is 19.3. The standard InChI is InChI=1S/C20H30N2O3/c1-13(2)9-10-22-16-11-15(21-18(23)14(3)4)7-8-17(16)25-12-20(5,6)19(22)24/h7-8,11,13-14H,9-10,12H2,1-6H3,(H,21,23). The van der Waals surface area contributed by atoms with Crippen molar-refractivity contribution in [2.75, 3.05) is 23.4 Å². The van der Waals surface area contributed by atoms with Crippen LogP contribution in [0.2, 0.25) is 0 Å². The zero-order valence-corrected chi connectivity index (χ0v) is 16.2. The van der Waals surface area contributed by atoms with E-state index >= 15 is 0 Å². The van der Waals surface area contributed by atoms with Crippen LogP contribution in [0.5, 0.6) is 5.75 Å². The Bertz CT molecular complexity index is 650. The van der Waals surface area contributed by atoms with Gasteiger partial charge in [-0.15, -0.1) is 0 Å². The number of anilines is 2. The van der Waals surface area contributed by atoms with Gasteiger partial charge >= 0.3 is 0 Å². The van der Waals surface area contributed by atoms with Crippen molar-refractivity contribution in [3.63, 3.8) is 0 Å². The van der Waals surface area contributed by atoms with Crippen molar-refractivity contribution in [3.8, 4) is 5.75 Å². The van der Waals surface area contributed by atoms with E-state index in [0.29, 0.717) is 30.5 Å². The third-order valence-corrected chi connectivity index (χ3v) is 4.38. The van der Waals surface area contributed by atoms with E-state index < -0.39 is 5.41 Å². The number of hydrogen-bond donors (Lipinski definition) is 1. The first-order valence-corrected chi connectivity index (χ1v) is 9.01. The predicted molar refractivity (Wildman–Crippen MR) is 101 cm³/mol. The van der Waals surface area contributed by atoms with E-state index in [9.17, 15) is 9.59 Å². The summed E-state index contributed by atoms with van der Waals surface area (Å²) in [5.41, 5.74) is 0.832. The molecule has 0 spiro atoms. The third-order valence-electron chi connectivity index (χ3n) is 4.38. The van der Waals surface area contributed by atoms with E-state index in [0.717, 1.165) is 12.1 Å². The van der Waals surface area contributed by atoms with Crippen molar-refractivity contribution in [1.82, 2.24) is 0 Å². The number of amides is 2. The maximum absolute atomic E-state index is 13.0. The number of fused-ring (bicyclic) bond motifs is 1. The summed E-state index contributed by atoms with van der Waals surface area (Å²) in [5.74, 6) is 1.08. The minimum Gasteiger partial charge on any atom is -0.490 e. The normalized spacial score (nSPS) is 16.5. The second-order valence-electron chi connectivity index (χ2n) is 8.14. The topological polar surface area (TPSA) is 58.6 Å². The Morgan fingerprint density at radius 1 is 1.28 bits per heavy atom. The van der Waals surface area contributed by atoms with Gasteiger partial charge < -0.3 is 15.0 Å². The lowest BCUT2D eigenvalue weighted by Gasteiger charge is -2.28. The van der Waals surface area contributed by atoms with Crippen LogP contribution in [0.3, 0.4) is 0 Å². The smallest absolute Gasteiger partial charge is 0.236 e. The molecule has 5 nitrogen and oxygen atoms in total. The Labute approximate surface area is 150 Å². The zero-order chi connectivity index (χ0) is 18.8. The Hall–Kier alpha value is -2.04. The molecule has 138 valence electrons. The maximum Gasteiger partial charge on any atom is 0.236 e. The van der Waals surface area contributed by atoms with E-state index in [1.807, 2.05) is 50.8 Å². The first-order valence-electron chi connectivity index (χ1n) is 9.01. The van der Waals surface area contributed by atoms with E-state index in [-0.39, 0.29) is 17.7 Å². The van der Waals surface area contributed by atoms with Gasteiger partial charge in [0, 0.05) is 18.2 Å². The van der Waals surface area contributed by atoms with Crippen LogP contribution in [0.4, 0.5) is 11.4 Å². The molecular formula is C20H30N2O3. The summed E-state index contributed by atoms with van der Waals surface area (Å²) < 4.78 is 5.90. The van der Waals surface area contributed by atoms with Crippen molar-refractivity contribution < 1.29 is 14.3 Å². The molecule has 2 amide bonds. The van der Waals surface area contributed by atoms with E-state index in [1.165, 1.54) is 0 Å². The number of nitrogens with one attached hydrogen (secondary N) is 1. The fourth-order valence-corrected chi connectivity index (χ4v) is 2.62. The Morgan fingerprint density at radius 3 is 2.56 bits per heavy atom. The second kappa shape index (κ2) is 7.46. The minimum absolute atomic E-state index is 0.0464. The molecule has 0 radical (unpaired) electrons. The third kappa shape index (κ3) is 4.53.